The van der Waals surface area contributed by atoms with Gasteiger partial charge in [-0.15, -0.1) is 0 Å². The lowest BCUT2D eigenvalue weighted by Gasteiger charge is -2.19. The van der Waals surface area contributed by atoms with Crippen molar-refractivity contribution in [2.45, 2.75) is 59.0 Å². The van der Waals surface area contributed by atoms with Gasteiger partial charge < -0.3 is 61.6 Å². The summed E-state index contributed by atoms with van der Waals surface area (Å²) >= 11 is 0. The van der Waals surface area contributed by atoms with Crippen molar-refractivity contribution in [1.29, 1.82) is 0 Å². The fourth-order valence-electron chi connectivity index (χ4n) is 3.52. The summed E-state index contributed by atoms with van der Waals surface area (Å²) in [5, 5.41) is 0. The summed E-state index contributed by atoms with van der Waals surface area (Å²) in [6.45, 7) is 20.1. The van der Waals surface area contributed by atoms with Crippen LogP contribution in [0.25, 0.3) is 0 Å². The van der Waals surface area contributed by atoms with E-state index in [0.29, 0.717) is 152 Å². The summed E-state index contributed by atoms with van der Waals surface area (Å²) in [5.74, 6) is -0.264. The fourth-order valence-corrected chi connectivity index (χ4v) is 3.52. The van der Waals surface area contributed by atoms with Crippen LogP contribution in [0.5, 0.6) is 0 Å². The number of hydrogen-bond donors (Lipinski definition) is 0. The fraction of sp³-hybridized carbons (Fsp3) is 0.971. The van der Waals surface area contributed by atoms with Crippen molar-refractivity contribution in [3.05, 3.63) is 0 Å². The summed E-state index contributed by atoms with van der Waals surface area (Å²) in [6.07, 6.45) is 3.77. The molecule has 0 aromatic carbocycles. The van der Waals surface area contributed by atoms with E-state index in [1.54, 1.807) is 0 Å². The smallest absolute Gasteiger partial charge is 0.308 e. The van der Waals surface area contributed by atoms with E-state index in [2.05, 4.69) is 6.92 Å². The number of unbranched alkanes of at least 4 members (excludes halogenated alkanes) is 2. The molecule has 0 heterocycles. The molecule has 0 aromatic rings. The van der Waals surface area contributed by atoms with Gasteiger partial charge in [-0.1, -0.05) is 19.8 Å². The minimum absolute atomic E-state index is 0.233. The number of esters is 1. The van der Waals surface area contributed by atoms with Crippen LogP contribution in [0.15, 0.2) is 0 Å². The van der Waals surface area contributed by atoms with Gasteiger partial charge in [0.25, 0.3) is 0 Å². The highest BCUT2D eigenvalue weighted by Crippen LogP contribution is 2.08. The molecule has 0 unspecified atom stereocenters. The molecule has 0 amide bonds. The van der Waals surface area contributed by atoms with Crippen LogP contribution in [-0.2, 0) is 66.4 Å². The summed E-state index contributed by atoms with van der Waals surface area (Å²) < 4.78 is 70.7. The average Bonchev–Trinajstić information content (AvgIpc) is 3.05. The summed E-state index contributed by atoms with van der Waals surface area (Å²) in [6, 6.07) is 0. The zero-order chi connectivity index (χ0) is 35.1. The minimum Gasteiger partial charge on any atom is -0.460 e. The second-order valence-electron chi connectivity index (χ2n) is 11.4. The highest BCUT2D eigenvalue weighted by Gasteiger charge is 2.15. The van der Waals surface area contributed by atoms with Gasteiger partial charge in [-0.25, -0.2) is 0 Å². The van der Waals surface area contributed by atoms with Crippen molar-refractivity contribution in [2.75, 3.05) is 159 Å². The average molecular weight is 701 g/mol. The normalized spacial score (nSPS) is 11.8. The predicted molar refractivity (Wildman–Crippen MR) is 180 cm³/mol. The maximum absolute atomic E-state index is 11.6. The number of rotatable bonds is 40. The molecule has 0 fully saturated rings. The Morgan fingerprint density at radius 2 is 0.583 bits per heavy atom. The van der Waals surface area contributed by atoms with E-state index in [4.69, 9.17) is 61.6 Å². The molecule has 288 valence electrons. The van der Waals surface area contributed by atoms with Crippen molar-refractivity contribution in [3.8, 4) is 0 Å². The molecule has 14 heteroatoms. The van der Waals surface area contributed by atoms with E-state index < -0.39 is 5.60 Å². The van der Waals surface area contributed by atoms with Crippen LogP contribution >= 0.6 is 0 Å². The summed E-state index contributed by atoms with van der Waals surface area (Å²) in [7, 11) is 0. The topological polar surface area (TPSA) is 137 Å². The Morgan fingerprint density at radius 1 is 0.354 bits per heavy atom. The number of carbonyl (C=O) groups excluding carboxylic acids is 1. The van der Waals surface area contributed by atoms with Crippen molar-refractivity contribution in [3.63, 3.8) is 0 Å². The molecule has 0 aromatic heterocycles. The van der Waals surface area contributed by atoms with Crippen LogP contribution in [-0.4, -0.2) is 170 Å². The third-order valence-corrected chi connectivity index (χ3v) is 5.85. The first-order chi connectivity index (χ1) is 23.5. The Labute approximate surface area is 289 Å². The van der Waals surface area contributed by atoms with Gasteiger partial charge in [0.2, 0.25) is 0 Å². The first-order valence-corrected chi connectivity index (χ1v) is 17.6. The van der Waals surface area contributed by atoms with Crippen molar-refractivity contribution < 1.29 is 66.4 Å². The number of ether oxygens (including phenoxy) is 13. The van der Waals surface area contributed by atoms with Crippen LogP contribution in [0.4, 0.5) is 0 Å². The molecule has 14 nitrogen and oxygen atoms in total. The Morgan fingerprint density at radius 3 is 0.812 bits per heavy atom. The van der Waals surface area contributed by atoms with Crippen molar-refractivity contribution in [1.82, 2.24) is 0 Å². The van der Waals surface area contributed by atoms with E-state index in [1.165, 1.54) is 12.8 Å². The van der Waals surface area contributed by atoms with Crippen LogP contribution < -0.4 is 0 Å². The van der Waals surface area contributed by atoms with Crippen LogP contribution in [0.1, 0.15) is 53.4 Å². The maximum atomic E-state index is 11.6. The molecule has 0 bridgehead atoms. The molecule has 0 saturated heterocycles. The Kier molecular flexibility index (Phi) is 38.0. The minimum atomic E-state index is -0.473. The Balaban J connectivity index is 3.09. The zero-order valence-corrected chi connectivity index (χ0v) is 30.5. The van der Waals surface area contributed by atoms with Gasteiger partial charge >= 0.3 is 5.97 Å². The van der Waals surface area contributed by atoms with E-state index in [9.17, 15) is 4.79 Å². The molecule has 0 spiro atoms. The molecule has 0 N–H and O–H groups in total. The SMILES string of the molecule is CCCCCOCCOCCOCCOCCOCCOCCOCCOCCOCCOCCOCCOCCC(=O)OC(C)(C)C. The molecule has 0 aliphatic heterocycles. The molecule has 48 heavy (non-hydrogen) atoms. The molecular weight excluding hydrogens is 632 g/mol. The van der Waals surface area contributed by atoms with E-state index in [1.807, 2.05) is 20.8 Å². The van der Waals surface area contributed by atoms with E-state index in [0.717, 1.165) is 13.0 Å². The lowest BCUT2D eigenvalue weighted by atomic mass is 10.2. The predicted octanol–water partition coefficient (Wildman–Crippen LogP) is 3.11. The standard InChI is InChI=1S/C34H68O14/c1-5-6-7-9-36-11-13-38-15-17-40-19-21-42-23-25-44-27-29-46-31-32-47-30-28-45-26-24-43-22-20-41-18-16-39-14-12-37-10-8-33(35)48-34(2,3)4/h5-32H2,1-4H3. The zero-order valence-electron chi connectivity index (χ0n) is 30.5. The van der Waals surface area contributed by atoms with E-state index in [-0.39, 0.29) is 12.4 Å². The molecular formula is C34H68O14. The molecule has 0 atom stereocenters. The quantitative estimate of drug-likeness (QED) is 0.0684. The Bertz CT molecular complexity index is 635. The largest absolute Gasteiger partial charge is 0.460 e. The third kappa shape index (κ3) is 43.0. The highest BCUT2D eigenvalue weighted by atomic mass is 16.6. The first-order valence-electron chi connectivity index (χ1n) is 17.6. The van der Waals surface area contributed by atoms with Crippen LogP contribution in [0.3, 0.4) is 0 Å². The van der Waals surface area contributed by atoms with Crippen LogP contribution in [0.2, 0.25) is 0 Å². The third-order valence-electron chi connectivity index (χ3n) is 5.85. The van der Waals surface area contributed by atoms with Gasteiger partial charge in [-0.05, 0) is 27.2 Å². The lowest BCUT2D eigenvalue weighted by Crippen LogP contribution is -2.24. The van der Waals surface area contributed by atoms with Gasteiger partial charge in [-0.3, -0.25) is 4.79 Å². The maximum Gasteiger partial charge on any atom is 0.308 e. The highest BCUT2D eigenvalue weighted by molar-refractivity contribution is 5.69. The van der Waals surface area contributed by atoms with E-state index >= 15 is 0 Å². The Hall–Kier alpha value is -1.01. The summed E-state index contributed by atoms with van der Waals surface area (Å²) in [4.78, 5) is 11.6. The second kappa shape index (κ2) is 38.8. The summed E-state index contributed by atoms with van der Waals surface area (Å²) in [5.41, 5.74) is -0.473. The van der Waals surface area contributed by atoms with Crippen molar-refractivity contribution >= 4 is 5.97 Å². The number of carbonyl (C=O) groups is 1. The van der Waals surface area contributed by atoms with Crippen molar-refractivity contribution in [2.24, 2.45) is 0 Å². The van der Waals surface area contributed by atoms with Gasteiger partial charge in [0, 0.05) is 6.61 Å². The first kappa shape index (κ1) is 47.0. The number of hydrogen-bond acceptors (Lipinski definition) is 14. The monoisotopic (exact) mass is 700 g/mol. The molecule has 0 aliphatic rings. The lowest BCUT2D eigenvalue weighted by molar-refractivity contribution is -0.156. The molecule has 0 aliphatic carbocycles. The molecule has 0 radical (unpaired) electrons. The second-order valence-corrected chi connectivity index (χ2v) is 11.4. The van der Waals surface area contributed by atoms with Gasteiger partial charge in [0.1, 0.15) is 5.60 Å². The molecule has 0 saturated carbocycles. The van der Waals surface area contributed by atoms with Gasteiger partial charge in [-0.2, -0.15) is 0 Å². The van der Waals surface area contributed by atoms with Crippen LogP contribution in [0, 0.1) is 0 Å². The molecule has 0 rings (SSSR count). The van der Waals surface area contributed by atoms with Gasteiger partial charge in [0.15, 0.2) is 0 Å². The van der Waals surface area contributed by atoms with Gasteiger partial charge in [0.05, 0.1) is 158 Å².